The van der Waals surface area contributed by atoms with Crippen LogP contribution in [0, 0.1) is 0 Å². The van der Waals surface area contributed by atoms with Gasteiger partial charge in [0, 0.05) is 37.2 Å². The molecule has 204 valence electrons. The molecule has 3 atom stereocenters. The summed E-state index contributed by atoms with van der Waals surface area (Å²) in [4.78, 5) is 24.9. The van der Waals surface area contributed by atoms with Crippen LogP contribution in [0.15, 0.2) is 67.5 Å². The third-order valence-electron chi connectivity index (χ3n) is 5.16. The zero-order valence-electron chi connectivity index (χ0n) is 23.9. The molecule has 0 amide bonds. The second kappa shape index (κ2) is 23.3. The first-order valence-electron chi connectivity index (χ1n) is 13.0. The second-order valence-electron chi connectivity index (χ2n) is 7.57. The first-order chi connectivity index (χ1) is 18.1. The van der Waals surface area contributed by atoms with E-state index in [1.807, 2.05) is 67.0 Å². The SMILES string of the molecule is C/C=C\CCC(NC)c1ncccn1.CC.CCC(NC)c1ncccn1.CNC(C)c1ncccn1. The van der Waals surface area contributed by atoms with Crippen LogP contribution in [-0.4, -0.2) is 51.0 Å². The lowest BCUT2D eigenvalue weighted by Crippen LogP contribution is -2.18. The van der Waals surface area contributed by atoms with Crippen LogP contribution in [-0.2, 0) is 0 Å². The molecule has 37 heavy (non-hydrogen) atoms. The van der Waals surface area contributed by atoms with Gasteiger partial charge in [0.05, 0.1) is 18.1 Å². The maximum absolute atomic E-state index is 4.23. The first-order valence-corrected chi connectivity index (χ1v) is 13.0. The van der Waals surface area contributed by atoms with Crippen LogP contribution < -0.4 is 16.0 Å². The van der Waals surface area contributed by atoms with Crippen LogP contribution in [0.4, 0.5) is 0 Å². The summed E-state index contributed by atoms with van der Waals surface area (Å²) >= 11 is 0. The lowest BCUT2D eigenvalue weighted by Gasteiger charge is -2.12. The van der Waals surface area contributed by atoms with Gasteiger partial charge in [-0.1, -0.05) is 32.9 Å². The van der Waals surface area contributed by atoms with Gasteiger partial charge in [0.1, 0.15) is 17.5 Å². The number of nitrogens with one attached hydrogen (secondary N) is 3. The van der Waals surface area contributed by atoms with Crippen molar-refractivity contribution in [1.29, 1.82) is 0 Å². The van der Waals surface area contributed by atoms with Crippen molar-refractivity contribution in [3.63, 3.8) is 0 Å². The number of allylic oxidation sites excluding steroid dienone is 2. The summed E-state index contributed by atoms with van der Waals surface area (Å²) in [5, 5.41) is 9.42. The van der Waals surface area contributed by atoms with Crippen molar-refractivity contribution in [2.75, 3.05) is 21.1 Å². The van der Waals surface area contributed by atoms with Gasteiger partial charge in [-0.3, -0.25) is 0 Å². The van der Waals surface area contributed by atoms with Crippen LogP contribution in [0.25, 0.3) is 0 Å². The Hall–Kier alpha value is -3.14. The molecule has 3 aromatic heterocycles. The van der Waals surface area contributed by atoms with Gasteiger partial charge in [-0.25, -0.2) is 29.9 Å². The van der Waals surface area contributed by atoms with Crippen molar-refractivity contribution in [2.45, 2.75) is 72.0 Å². The fraction of sp³-hybridized carbons (Fsp3) is 0.500. The second-order valence-corrected chi connectivity index (χ2v) is 7.57. The van der Waals surface area contributed by atoms with Gasteiger partial charge in [0.15, 0.2) is 0 Å². The van der Waals surface area contributed by atoms with E-state index in [1.165, 1.54) is 0 Å². The molecule has 0 radical (unpaired) electrons. The highest BCUT2D eigenvalue weighted by Gasteiger charge is 2.09. The standard InChI is InChI=1S/C11H17N3.C8H13N3.C7H11N3.C2H6/c1-3-4-5-7-10(12-2)11-13-8-6-9-14-11;1-3-7(9-2)8-10-5-4-6-11-8;1-6(8-2)7-9-4-3-5-10-7;1-2/h3-4,6,8-10,12H,5,7H2,1-2H3;4-7,9H,3H2,1-2H3;3-6,8H,1-2H3;1-2H3/b4-3-;;;. The van der Waals surface area contributed by atoms with E-state index in [1.54, 1.807) is 37.2 Å². The monoisotopic (exact) mass is 509 g/mol. The number of aromatic nitrogens is 6. The van der Waals surface area contributed by atoms with Crippen molar-refractivity contribution in [3.8, 4) is 0 Å². The molecule has 3 rings (SSSR count). The van der Waals surface area contributed by atoms with Crippen molar-refractivity contribution in [1.82, 2.24) is 45.9 Å². The first kappa shape index (κ1) is 33.9. The highest BCUT2D eigenvalue weighted by Crippen LogP contribution is 2.13. The van der Waals surface area contributed by atoms with E-state index < -0.39 is 0 Å². The van der Waals surface area contributed by atoms with Crippen molar-refractivity contribution in [3.05, 3.63) is 85.0 Å². The van der Waals surface area contributed by atoms with E-state index in [0.29, 0.717) is 0 Å². The van der Waals surface area contributed by atoms with Crippen molar-refractivity contribution < 1.29 is 0 Å². The summed E-state index contributed by atoms with van der Waals surface area (Å²) in [5.41, 5.74) is 0. The van der Waals surface area contributed by atoms with Crippen molar-refractivity contribution >= 4 is 0 Å². The summed E-state index contributed by atoms with van der Waals surface area (Å²) in [6.07, 6.45) is 17.9. The van der Waals surface area contributed by atoms with Crippen LogP contribution in [0.1, 0.15) is 89.5 Å². The molecule has 0 fully saturated rings. The Morgan fingerprint density at radius 1 is 0.676 bits per heavy atom. The largest absolute Gasteiger partial charge is 0.311 e. The molecule has 3 N–H and O–H groups in total. The zero-order valence-corrected chi connectivity index (χ0v) is 23.9. The van der Waals surface area contributed by atoms with Crippen LogP contribution >= 0.6 is 0 Å². The number of nitrogens with zero attached hydrogens (tertiary/aromatic N) is 6. The molecule has 9 heteroatoms. The zero-order chi connectivity index (χ0) is 27.7. The molecule has 9 nitrogen and oxygen atoms in total. The van der Waals surface area contributed by atoms with Gasteiger partial charge < -0.3 is 16.0 Å². The van der Waals surface area contributed by atoms with Crippen molar-refractivity contribution in [2.24, 2.45) is 0 Å². The number of rotatable bonds is 10. The maximum atomic E-state index is 4.23. The van der Waals surface area contributed by atoms with Gasteiger partial charge in [-0.05, 0) is 72.5 Å². The highest BCUT2D eigenvalue weighted by atomic mass is 15.0. The quantitative estimate of drug-likeness (QED) is 0.324. The Morgan fingerprint density at radius 3 is 1.43 bits per heavy atom. The molecule has 0 spiro atoms. The molecule has 3 heterocycles. The smallest absolute Gasteiger partial charge is 0.145 e. The van der Waals surface area contributed by atoms with E-state index in [-0.39, 0.29) is 18.1 Å². The predicted octanol–water partition coefficient (Wildman–Crippen LogP) is 5.02. The predicted molar refractivity (Wildman–Crippen MR) is 153 cm³/mol. The average Bonchev–Trinajstić information content (AvgIpc) is 2.99. The molecular formula is C28H47N9. The molecule has 3 aromatic rings. The summed E-state index contributed by atoms with van der Waals surface area (Å²) in [6.45, 7) is 10.2. The van der Waals surface area contributed by atoms with Crippen LogP contribution in [0.5, 0.6) is 0 Å². The normalized spacial score (nSPS) is 12.5. The number of hydrogen-bond donors (Lipinski definition) is 3. The van der Waals surface area contributed by atoms with E-state index in [4.69, 9.17) is 0 Å². The molecule has 0 saturated heterocycles. The van der Waals surface area contributed by atoms with Gasteiger partial charge >= 0.3 is 0 Å². The Labute approximate surface area is 224 Å². The molecule has 0 aliphatic heterocycles. The van der Waals surface area contributed by atoms with E-state index in [2.05, 4.69) is 64.9 Å². The Morgan fingerprint density at radius 2 is 1.08 bits per heavy atom. The summed E-state index contributed by atoms with van der Waals surface area (Å²) in [6, 6.07) is 6.25. The lowest BCUT2D eigenvalue weighted by atomic mass is 10.1. The lowest BCUT2D eigenvalue weighted by molar-refractivity contribution is 0.524. The number of hydrogen-bond acceptors (Lipinski definition) is 9. The minimum Gasteiger partial charge on any atom is -0.311 e. The van der Waals surface area contributed by atoms with E-state index in [0.717, 1.165) is 36.7 Å². The van der Waals surface area contributed by atoms with Gasteiger partial charge in [-0.2, -0.15) is 0 Å². The Bertz CT molecular complexity index is 889. The van der Waals surface area contributed by atoms with Gasteiger partial charge in [-0.15, -0.1) is 0 Å². The minimum absolute atomic E-state index is 0.237. The fourth-order valence-corrected chi connectivity index (χ4v) is 2.99. The third kappa shape index (κ3) is 14.9. The van der Waals surface area contributed by atoms with E-state index in [9.17, 15) is 0 Å². The molecule has 0 aliphatic carbocycles. The average molecular weight is 510 g/mol. The maximum Gasteiger partial charge on any atom is 0.145 e. The topological polar surface area (TPSA) is 113 Å². The molecule has 0 bridgehead atoms. The van der Waals surface area contributed by atoms with E-state index >= 15 is 0 Å². The van der Waals surface area contributed by atoms with Crippen LogP contribution in [0.3, 0.4) is 0 Å². The Kier molecular flexibility index (Phi) is 21.3. The molecule has 3 unspecified atom stereocenters. The van der Waals surface area contributed by atoms with Gasteiger partial charge in [0.2, 0.25) is 0 Å². The molecule has 0 aromatic carbocycles. The third-order valence-corrected chi connectivity index (χ3v) is 5.16. The highest BCUT2D eigenvalue weighted by molar-refractivity contribution is 4.97. The summed E-state index contributed by atoms with van der Waals surface area (Å²) in [5.74, 6) is 2.59. The molecular weight excluding hydrogens is 462 g/mol. The van der Waals surface area contributed by atoms with Gasteiger partial charge in [0.25, 0.3) is 0 Å². The summed E-state index contributed by atoms with van der Waals surface area (Å²) in [7, 11) is 5.75. The Balaban J connectivity index is 0.000000515. The fourth-order valence-electron chi connectivity index (χ4n) is 2.99. The summed E-state index contributed by atoms with van der Waals surface area (Å²) < 4.78 is 0. The molecule has 0 aliphatic rings. The van der Waals surface area contributed by atoms with Crippen LogP contribution in [0.2, 0.25) is 0 Å². The minimum atomic E-state index is 0.237. The molecule has 0 saturated carbocycles.